The van der Waals surface area contributed by atoms with Gasteiger partial charge >= 0.3 is 0 Å². The largest absolute Gasteiger partial charge is 0.364 e. The molecule has 0 fully saturated rings. The molecule has 4 rings (SSSR count). The maximum absolute atomic E-state index is 3.92. The fraction of sp³-hybridized carbons (Fsp3) is 0.143. The Labute approximate surface area is 282 Å². The summed E-state index contributed by atoms with van der Waals surface area (Å²) < 4.78 is 0. The van der Waals surface area contributed by atoms with Gasteiger partial charge in [-0.3, -0.25) is 0 Å². The Morgan fingerprint density at radius 1 is 0.340 bits per heavy atom. The van der Waals surface area contributed by atoms with E-state index in [1.165, 1.54) is 0 Å². The van der Waals surface area contributed by atoms with Gasteiger partial charge in [-0.1, -0.05) is 36.5 Å². The van der Waals surface area contributed by atoms with Crippen LogP contribution < -0.4 is 24.9 Å². The van der Waals surface area contributed by atoms with Crippen molar-refractivity contribution in [3.63, 3.8) is 0 Å². The van der Waals surface area contributed by atoms with Crippen LogP contribution in [0.1, 0.15) is 0 Å². The van der Waals surface area contributed by atoms with E-state index in [1.807, 2.05) is 36.5 Å². The van der Waals surface area contributed by atoms with Crippen LogP contribution in [0.2, 0.25) is 0 Å². The van der Waals surface area contributed by atoms with Crippen LogP contribution in [0.3, 0.4) is 0 Å². The fourth-order valence-corrected chi connectivity index (χ4v) is 5.48. The number of hydrogen-bond acceptors (Lipinski definition) is 5. The second kappa shape index (κ2) is 17.7. The monoisotopic (exact) mass is 621 g/mol. The summed E-state index contributed by atoms with van der Waals surface area (Å²) in [5, 5.41) is 3.55. The molecule has 47 heavy (non-hydrogen) atoms. The molecule has 0 bridgehead atoms. The fourth-order valence-electron chi connectivity index (χ4n) is 5.48. The number of rotatable bonds is 20. The molecule has 0 atom stereocenters. The van der Waals surface area contributed by atoms with E-state index in [-0.39, 0.29) is 0 Å². The van der Waals surface area contributed by atoms with Crippen LogP contribution in [0, 0.1) is 0 Å². The Bertz CT molecular complexity index is 1500. The van der Waals surface area contributed by atoms with Gasteiger partial charge in [-0.15, -0.1) is 39.5 Å². The highest BCUT2D eigenvalue weighted by Crippen LogP contribution is 2.37. The molecule has 0 aliphatic heterocycles. The van der Waals surface area contributed by atoms with Crippen LogP contribution in [-0.4, -0.2) is 39.3 Å². The smallest absolute Gasteiger partial charge is 0.0463 e. The van der Waals surface area contributed by atoms with Crippen molar-refractivity contribution >= 4 is 45.5 Å². The van der Waals surface area contributed by atoms with E-state index in [0.29, 0.717) is 0 Å². The first-order valence-corrected chi connectivity index (χ1v) is 15.9. The molecular weight excluding hydrogens is 574 g/mol. The SMILES string of the molecule is C=CCN(CC=C)c1ccc(Nc2ccc(N(c3ccc(N(CC=C)CC=C)cc3)c3ccc(N(CC=C)CC=C)cc3)cc2)cc1. The van der Waals surface area contributed by atoms with Crippen molar-refractivity contribution in [1.29, 1.82) is 0 Å². The van der Waals surface area contributed by atoms with Crippen molar-refractivity contribution in [2.45, 2.75) is 0 Å². The Morgan fingerprint density at radius 3 is 0.809 bits per heavy atom. The molecule has 5 nitrogen and oxygen atoms in total. The van der Waals surface area contributed by atoms with Crippen LogP contribution >= 0.6 is 0 Å². The minimum absolute atomic E-state index is 0.752. The lowest BCUT2D eigenvalue weighted by Crippen LogP contribution is -2.23. The molecule has 0 unspecified atom stereocenters. The molecule has 0 aliphatic rings. The molecule has 0 heterocycles. The Hall–Kier alpha value is -5.68. The van der Waals surface area contributed by atoms with E-state index < -0.39 is 0 Å². The summed E-state index contributed by atoms with van der Waals surface area (Å²) >= 11 is 0. The molecule has 0 amide bonds. The third-order valence-electron chi connectivity index (χ3n) is 7.69. The molecule has 240 valence electrons. The third-order valence-corrected chi connectivity index (χ3v) is 7.69. The Morgan fingerprint density at radius 2 is 0.553 bits per heavy atom. The number of nitrogens with zero attached hydrogens (tertiary/aromatic N) is 4. The number of nitrogens with one attached hydrogen (secondary N) is 1. The van der Waals surface area contributed by atoms with E-state index in [4.69, 9.17) is 0 Å². The highest BCUT2D eigenvalue weighted by Gasteiger charge is 2.15. The average molecular weight is 622 g/mol. The highest BCUT2D eigenvalue weighted by atomic mass is 15.2. The van der Waals surface area contributed by atoms with E-state index in [9.17, 15) is 0 Å². The van der Waals surface area contributed by atoms with E-state index >= 15 is 0 Å². The van der Waals surface area contributed by atoms with Crippen molar-refractivity contribution in [1.82, 2.24) is 0 Å². The van der Waals surface area contributed by atoms with Crippen LogP contribution in [0.5, 0.6) is 0 Å². The summed E-state index contributed by atoms with van der Waals surface area (Å²) in [4.78, 5) is 8.97. The van der Waals surface area contributed by atoms with E-state index in [0.717, 1.165) is 84.8 Å². The second-order valence-corrected chi connectivity index (χ2v) is 11.0. The summed E-state index contributed by atoms with van der Waals surface area (Å²) in [7, 11) is 0. The molecule has 0 spiro atoms. The van der Waals surface area contributed by atoms with E-state index in [1.54, 1.807) is 0 Å². The van der Waals surface area contributed by atoms with Crippen molar-refractivity contribution in [2.24, 2.45) is 0 Å². The van der Waals surface area contributed by atoms with Gasteiger partial charge in [0.2, 0.25) is 0 Å². The molecule has 0 radical (unpaired) electrons. The second-order valence-electron chi connectivity index (χ2n) is 11.0. The molecule has 4 aromatic rings. The molecule has 1 N–H and O–H groups in total. The maximum Gasteiger partial charge on any atom is 0.0463 e. The average Bonchev–Trinajstić information content (AvgIpc) is 3.10. The van der Waals surface area contributed by atoms with Gasteiger partial charge in [0, 0.05) is 84.8 Å². The number of anilines is 8. The zero-order valence-corrected chi connectivity index (χ0v) is 27.5. The molecular formula is C42H47N5. The van der Waals surface area contributed by atoms with Gasteiger partial charge in [0.1, 0.15) is 0 Å². The maximum atomic E-state index is 3.92. The van der Waals surface area contributed by atoms with Crippen molar-refractivity contribution in [3.8, 4) is 0 Å². The topological polar surface area (TPSA) is 25.0 Å². The van der Waals surface area contributed by atoms with Crippen LogP contribution in [0.15, 0.2) is 173 Å². The Kier molecular flexibility index (Phi) is 12.9. The normalized spacial score (nSPS) is 10.3. The van der Waals surface area contributed by atoms with Crippen molar-refractivity contribution in [3.05, 3.63) is 173 Å². The third kappa shape index (κ3) is 9.18. The van der Waals surface area contributed by atoms with Gasteiger partial charge in [0.15, 0.2) is 0 Å². The first-order chi connectivity index (χ1) is 23.0. The minimum Gasteiger partial charge on any atom is -0.364 e. The van der Waals surface area contributed by atoms with Crippen LogP contribution in [0.25, 0.3) is 0 Å². The lowest BCUT2D eigenvalue weighted by molar-refractivity contribution is 0.956. The molecule has 0 aromatic heterocycles. The Balaban J connectivity index is 1.63. The molecule has 0 aliphatic carbocycles. The summed E-state index contributed by atoms with van der Waals surface area (Å²) in [5.74, 6) is 0. The molecule has 4 aromatic carbocycles. The van der Waals surface area contributed by atoms with Gasteiger partial charge in [-0.05, 0) is 97.1 Å². The van der Waals surface area contributed by atoms with Gasteiger partial charge in [-0.25, -0.2) is 0 Å². The highest BCUT2D eigenvalue weighted by molar-refractivity contribution is 5.79. The summed E-state index contributed by atoms with van der Waals surface area (Å²) in [6.45, 7) is 28.0. The van der Waals surface area contributed by atoms with Gasteiger partial charge < -0.3 is 24.9 Å². The number of hydrogen-bond donors (Lipinski definition) is 1. The van der Waals surface area contributed by atoms with Gasteiger partial charge in [0.25, 0.3) is 0 Å². The predicted molar refractivity (Wildman–Crippen MR) is 209 cm³/mol. The predicted octanol–water partition coefficient (Wildman–Crippen LogP) is 10.4. The molecule has 0 saturated heterocycles. The first-order valence-electron chi connectivity index (χ1n) is 15.9. The zero-order valence-electron chi connectivity index (χ0n) is 27.5. The van der Waals surface area contributed by atoms with Crippen molar-refractivity contribution < 1.29 is 0 Å². The van der Waals surface area contributed by atoms with E-state index in [2.05, 4.69) is 161 Å². The zero-order chi connectivity index (χ0) is 33.4. The lowest BCUT2D eigenvalue weighted by Gasteiger charge is -2.28. The standard InChI is InChI=1S/C42H47N5/c1-7-29-44(30-8-2)37-17-13-35(14-18-37)43-36-15-19-40(20-16-36)47(41-25-21-38(22-26-41)45(31-9-3)32-10-4)42-27-23-39(24-28-42)46(33-11-5)34-12-6/h7-28,43H,1-6,29-34H2. The number of benzene rings is 4. The summed E-state index contributed by atoms with van der Waals surface area (Å²) in [5.41, 5.74) is 8.59. The summed E-state index contributed by atoms with van der Waals surface area (Å²) in [6, 6.07) is 34.3. The molecule has 5 heteroatoms. The first kappa shape index (κ1) is 34.2. The van der Waals surface area contributed by atoms with Crippen LogP contribution in [-0.2, 0) is 0 Å². The van der Waals surface area contributed by atoms with Crippen LogP contribution in [0.4, 0.5) is 45.5 Å². The molecule has 0 saturated carbocycles. The summed E-state index contributed by atoms with van der Waals surface area (Å²) in [6.07, 6.45) is 11.5. The van der Waals surface area contributed by atoms with Gasteiger partial charge in [0.05, 0.1) is 0 Å². The quantitative estimate of drug-likeness (QED) is 0.0990. The van der Waals surface area contributed by atoms with Crippen molar-refractivity contribution in [2.75, 3.05) is 64.2 Å². The van der Waals surface area contributed by atoms with Gasteiger partial charge in [-0.2, -0.15) is 0 Å². The minimum atomic E-state index is 0.752. The lowest BCUT2D eigenvalue weighted by atomic mass is 10.1.